The summed E-state index contributed by atoms with van der Waals surface area (Å²) in [5, 5.41) is 18.5. The zero-order valence-corrected chi connectivity index (χ0v) is 12.7. The van der Waals surface area contributed by atoms with Crippen LogP contribution in [0.2, 0.25) is 0 Å². The molecule has 124 valence electrons. The maximum absolute atomic E-state index is 12.2. The number of hydrogen-bond acceptors (Lipinski definition) is 6. The van der Waals surface area contributed by atoms with Crippen LogP contribution in [0.5, 0.6) is 0 Å². The average Bonchev–Trinajstić information content (AvgIpc) is 2.56. The smallest absolute Gasteiger partial charge is 0.338 e. The Morgan fingerprint density at radius 1 is 1.09 bits per heavy atom. The van der Waals surface area contributed by atoms with E-state index in [0.717, 1.165) is 5.39 Å². The molecular weight excluding hydrogens is 300 g/mol. The zero-order valence-electron chi connectivity index (χ0n) is 12.7. The van der Waals surface area contributed by atoms with Gasteiger partial charge in [0.05, 0.1) is 5.56 Å². The van der Waals surface area contributed by atoms with Crippen LogP contribution in [0.1, 0.15) is 36.0 Å². The Labute approximate surface area is 133 Å². The maximum Gasteiger partial charge on any atom is 0.338 e. The van der Waals surface area contributed by atoms with Crippen molar-refractivity contribution in [2.75, 3.05) is 13.2 Å². The van der Waals surface area contributed by atoms with Crippen LogP contribution in [-0.2, 0) is 4.74 Å². The van der Waals surface area contributed by atoms with E-state index in [2.05, 4.69) is 0 Å². The third kappa shape index (κ3) is 4.91. The number of benzene rings is 1. The molecule has 0 atom stereocenters. The molecule has 0 radical (unpaired) electrons. The lowest BCUT2D eigenvalue weighted by Crippen LogP contribution is -2.19. The highest BCUT2D eigenvalue weighted by Crippen LogP contribution is 2.17. The molecule has 0 bridgehead atoms. The van der Waals surface area contributed by atoms with Crippen molar-refractivity contribution in [3.63, 3.8) is 0 Å². The summed E-state index contributed by atoms with van der Waals surface area (Å²) in [5.41, 5.74) is 0.144. The second-order valence-electron chi connectivity index (χ2n) is 5.27. The lowest BCUT2D eigenvalue weighted by atomic mass is 10.1. The average molecular weight is 320 g/mol. The fraction of sp³-hybridized carbons (Fsp3) is 0.412. The van der Waals surface area contributed by atoms with Crippen LogP contribution in [0.4, 0.5) is 0 Å². The summed E-state index contributed by atoms with van der Waals surface area (Å²) in [4.78, 5) is 23.5. The first kappa shape index (κ1) is 17.2. The quantitative estimate of drug-likeness (QED) is 0.569. The Balaban J connectivity index is 2.12. The predicted molar refractivity (Wildman–Crippen MR) is 84.3 cm³/mol. The van der Waals surface area contributed by atoms with Crippen molar-refractivity contribution < 1.29 is 24.2 Å². The van der Waals surface area contributed by atoms with Gasteiger partial charge in [-0.15, -0.1) is 0 Å². The van der Waals surface area contributed by atoms with Gasteiger partial charge in [0.2, 0.25) is 0 Å². The molecule has 0 amide bonds. The third-order valence-electron chi connectivity index (χ3n) is 3.50. The van der Waals surface area contributed by atoms with E-state index in [1.54, 1.807) is 18.2 Å². The van der Waals surface area contributed by atoms with E-state index in [9.17, 15) is 9.59 Å². The summed E-state index contributed by atoms with van der Waals surface area (Å²) in [6.07, 6.45) is 1.75. The predicted octanol–water partition coefficient (Wildman–Crippen LogP) is 1.86. The summed E-state index contributed by atoms with van der Waals surface area (Å²) in [7, 11) is 0. The van der Waals surface area contributed by atoms with Crippen molar-refractivity contribution in [2.45, 2.75) is 31.8 Å². The highest BCUT2D eigenvalue weighted by atomic mass is 16.5. The molecule has 0 aliphatic carbocycles. The first-order valence-electron chi connectivity index (χ1n) is 7.60. The van der Waals surface area contributed by atoms with Crippen LogP contribution >= 0.6 is 0 Å². The van der Waals surface area contributed by atoms with Gasteiger partial charge in [0.1, 0.15) is 11.7 Å². The number of carbonyl (C=O) groups is 1. The maximum atomic E-state index is 12.2. The highest BCUT2D eigenvalue weighted by molar-refractivity contribution is 5.93. The molecule has 23 heavy (non-hydrogen) atoms. The molecule has 0 spiro atoms. The zero-order chi connectivity index (χ0) is 16.7. The lowest BCUT2D eigenvalue weighted by molar-refractivity contribution is 0.0228. The molecule has 0 aliphatic rings. The van der Waals surface area contributed by atoms with Crippen molar-refractivity contribution in [3.05, 3.63) is 46.3 Å². The van der Waals surface area contributed by atoms with E-state index < -0.39 is 11.6 Å². The number of ether oxygens (including phenoxy) is 1. The van der Waals surface area contributed by atoms with Gasteiger partial charge in [-0.2, -0.15) is 0 Å². The van der Waals surface area contributed by atoms with Gasteiger partial charge in [0, 0.05) is 24.7 Å². The third-order valence-corrected chi connectivity index (χ3v) is 3.50. The first-order chi connectivity index (χ1) is 11.1. The van der Waals surface area contributed by atoms with Crippen LogP contribution in [0.3, 0.4) is 0 Å². The van der Waals surface area contributed by atoms with Crippen LogP contribution in [0.25, 0.3) is 11.0 Å². The number of esters is 1. The molecule has 2 aromatic rings. The molecule has 1 heterocycles. The van der Waals surface area contributed by atoms with Crippen molar-refractivity contribution in [3.8, 4) is 0 Å². The molecular formula is C17H20O6. The number of rotatable bonds is 8. The van der Waals surface area contributed by atoms with Crippen LogP contribution < -0.4 is 5.63 Å². The molecule has 0 saturated heterocycles. The molecule has 2 N–H and O–H groups in total. The van der Waals surface area contributed by atoms with Crippen LogP contribution in [0, 0.1) is 0 Å². The molecule has 0 aliphatic heterocycles. The normalized spacial score (nSPS) is 11.1. The number of aliphatic hydroxyl groups is 2. The van der Waals surface area contributed by atoms with Crippen molar-refractivity contribution in [2.24, 2.45) is 0 Å². The summed E-state index contributed by atoms with van der Waals surface area (Å²) in [5.74, 6) is -0.515. The Bertz CT molecular complexity index is 698. The number of hydrogen-bond donors (Lipinski definition) is 2. The van der Waals surface area contributed by atoms with Crippen LogP contribution in [0.15, 0.2) is 39.5 Å². The minimum absolute atomic E-state index is 0.0221. The lowest BCUT2D eigenvalue weighted by Gasteiger charge is -2.17. The van der Waals surface area contributed by atoms with Crippen molar-refractivity contribution in [1.29, 1.82) is 0 Å². The fourth-order valence-corrected chi connectivity index (χ4v) is 2.31. The molecule has 0 fully saturated rings. The Kier molecular flexibility index (Phi) is 6.31. The minimum atomic E-state index is -0.515. The first-order valence-corrected chi connectivity index (χ1v) is 7.60. The van der Waals surface area contributed by atoms with Gasteiger partial charge in [-0.3, -0.25) is 0 Å². The molecule has 2 rings (SSSR count). The fourth-order valence-electron chi connectivity index (χ4n) is 2.31. The van der Waals surface area contributed by atoms with E-state index in [4.69, 9.17) is 19.4 Å². The second kappa shape index (κ2) is 8.45. The van der Waals surface area contributed by atoms with Crippen molar-refractivity contribution in [1.82, 2.24) is 0 Å². The van der Waals surface area contributed by atoms with Gasteiger partial charge in [-0.05, 0) is 43.9 Å². The van der Waals surface area contributed by atoms with E-state index >= 15 is 0 Å². The largest absolute Gasteiger partial charge is 0.459 e. The van der Waals surface area contributed by atoms with Crippen LogP contribution in [-0.4, -0.2) is 35.5 Å². The number of fused-ring (bicyclic) bond motifs is 1. The van der Waals surface area contributed by atoms with E-state index in [0.29, 0.717) is 36.8 Å². The standard InChI is InChI=1S/C17H20O6/c18-9-1-3-14(4-2-10-19)22-17(21)13-6-5-12-7-8-16(20)23-15(12)11-13/h5-8,11,14,18-19H,1-4,9-10H2. The van der Waals surface area contributed by atoms with Gasteiger partial charge >= 0.3 is 11.6 Å². The SMILES string of the molecule is O=C(OC(CCCO)CCCO)c1ccc2ccc(=O)oc2c1. The van der Waals surface area contributed by atoms with E-state index in [1.165, 1.54) is 12.1 Å². The second-order valence-corrected chi connectivity index (χ2v) is 5.27. The Morgan fingerprint density at radius 2 is 1.74 bits per heavy atom. The molecule has 0 saturated carbocycles. The van der Waals surface area contributed by atoms with Gasteiger partial charge < -0.3 is 19.4 Å². The number of carbonyl (C=O) groups excluding carboxylic acids is 1. The topological polar surface area (TPSA) is 97.0 Å². The Morgan fingerprint density at radius 3 is 2.39 bits per heavy atom. The summed E-state index contributed by atoms with van der Waals surface area (Å²) in [6.45, 7) is 0.0443. The van der Waals surface area contributed by atoms with Gasteiger partial charge in [-0.1, -0.05) is 6.07 Å². The summed E-state index contributed by atoms with van der Waals surface area (Å²) < 4.78 is 10.5. The molecule has 6 heteroatoms. The summed E-state index contributed by atoms with van der Waals surface area (Å²) in [6, 6.07) is 7.72. The van der Waals surface area contributed by atoms with Crippen molar-refractivity contribution >= 4 is 16.9 Å². The summed E-state index contributed by atoms with van der Waals surface area (Å²) >= 11 is 0. The highest BCUT2D eigenvalue weighted by Gasteiger charge is 2.16. The number of aliphatic hydroxyl groups excluding tert-OH is 2. The van der Waals surface area contributed by atoms with Gasteiger partial charge in [0.15, 0.2) is 0 Å². The van der Waals surface area contributed by atoms with Gasteiger partial charge in [-0.25, -0.2) is 9.59 Å². The molecule has 1 aromatic heterocycles. The molecule has 1 aromatic carbocycles. The van der Waals surface area contributed by atoms with E-state index in [1.807, 2.05) is 0 Å². The monoisotopic (exact) mass is 320 g/mol. The Hall–Kier alpha value is -2.18. The minimum Gasteiger partial charge on any atom is -0.459 e. The van der Waals surface area contributed by atoms with Gasteiger partial charge in [0.25, 0.3) is 0 Å². The molecule has 6 nitrogen and oxygen atoms in total. The van der Waals surface area contributed by atoms with E-state index in [-0.39, 0.29) is 19.3 Å². The molecule has 0 unspecified atom stereocenters.